The number of hydrogen-bond acceptors (Lipinski definition) is 1. The second-order valence-corrected chi connectivity index (χ2v) is 3.09. The Bertz CT molecular complexity index is 451. The minimum atomic E-state index is -0.207. The Balaban J connectivity index is 2.50. The molecule has 0 spiro atoms. The van der Waals surface area contributed by atoms with Crippen molar-refractivity contribution in [2.24, 2.45) is 0 Å². The Labute approximate surface area is 82.1 Å². The van der Waals surface area contributed by atoms with Crippen molar-refractivity contribution in [3.8, 4) is 5.75 Å². The first-order chi connectivity index (χ1) is 6.79. The molecule has 2 aromatic rings. The second-order valence-electron chi connectivity index (χ2n) is 3.09. The lowest BCUT2D eigenvalue weighted by Gasteiger charge is -2.04. The molecule has 72 valence electrons. The lowest BCUT2D eigenvalue weighted by Crippen LogP contribution is -1.90. The van der Waals surface area contributed by atoms with Gasteiger partial charge in [-0.25, -0.2) is 4.39 Å². The summed E-state index contributed by atoms with van der Waals surface area (Å²) in [7, 11) is 0. The molecule has 2 heteroatoms. The summed E-state index contributed by atoms with van der Waals surface area (Å²) in [5.74, 6) is 0.619. The zero-order valence-electron chi connectivity index (χ0n) is 7.96. The molecule has 0 aliphatic heterocycles. The van der Waals surface area contributed by atoms with Gasteiger partial charge in [-0.3, -0.25) is 0 Å². The van der Waals surface area contributed by atoms with Crippen molar-refractivity contribution in [1.29, 1.82) is 0 Å². The fourth-order valence-corrected chi connectivity index (χ4v) is 1.45. The van der Waals surface area contributed by atoms with Crippen molar-refractivity contribution in [2.75, 3.05) is 6.61 Å². The van der Waals surface area contributed by atoms with Crippen LogP contribution in [-0.4, -0.2) is 6.61 Å². The second kappa shape index (κ2) is 3.66. The lowest BCUT2D eigenvalue weighted by atomic mass is 10.1. The number of ether oxygens (including phenoxy) is 1. The molecular formula is C12H11FO. The van der Waals surface area contributed by atoms with Gasteiger partial charge in [0.05, 0.1) is 6.61 Å². The maximum atomic E-state index is 12.9. The Morgan fingerprint density at radius 2 is 1.79 bits per heavy atom. The van der Waals surface area contributed by atoms with Gasteiger partial charge < -0.3 is 4.74 Å². The third-order valence-corrected chi connectivity index (χ3v) is 2.08. The number of benzene rings is 2. The van der Waals surface area contributed by atoms with Crippen LogP contribution in [0.1, 0.15) is 6.92 Å². The molecule has 0 radical (unpaired) electrons. The summed E-state index contributed by atoms with van der Waals surface area (Å²) in [4.78, 5) is 0. The monoisotopic (exact) mass is 190 g/mol. The molecule has 0 aliphatic rings. The van der Waals surface area contributed by atoms with Gasteiger partial charge in [0.25, 0.3) is 0 Å². The largest absolute Gasteiger partial charge is 0.494 e. The Morgan fingerprint density at radius 3 is 2.57 bits per heavy atom. The van der Waals surface area contributed by atoms with Crippen molar-refractivity contribution in [1.82, 2.24) is 0 Å². The average molecular weight is 190 g/mol. The molecular weight excluding hydrogens is 179 g/mol. The zero-order valence-corrected chi connectivity index (χ0v) is 7.96. The van der Waals surface area contributed by atoms with Crippen molar-refractivity contribution in [3.05, 3.63) is 42.2 Å². The molecule has 0 saturated carbocycles. The summed E-state index contributed by atoms with van der Waals surface area (Å²) in [6.45, 7) is 2.58. The maximum absolute atomic E-state index is 12.9. The van der Waals surface area contributed by atoms with Crippen LogP contribution < -0.4 is 4.74 Å². The molecule has 0 unspecified atom stereocenters. The highest BCUT2D eigenvalue weighted by Gasteiger charge is 1.97. The first kappa shape index (κ1) is 9.00. The third-order valence-electron chi connectivity index (χ3n) is 2.08. The van der Waals surface area contributed by atoms with Crippen LogP contribution in [-0.2, 0) is 0 Å². The summed E-state index contributed by atoms with van der Waals surface area (Å²) in [6.07, 6.45) is 0. The molecule has 0 amide bonds. The van der Waals surface area contributed by atoms with Gasteiger partial charge >= 0.3 is 0 Å². The third kappa shape index (κ3) is 1.69. The van der Waals surface area contributed by atoms with Gasteiger partial charge in [-0.15, -0.1) is 0 Å². The molecule has 0 heterocycles. The van der Waals surface area contributed by atoms with E-state index in [1.54, 1.807) is 6.07 Å². The van der Waals surface area contributed by atoms with Crippen LogP contribution in [0.15, 0.2) is 36.4 Å². The minimum Gasteiger partial charge on any atom is -0.494 e. The van der Waals surface area contributed by atoms with E-state index in [1.807, 2.05) is 25.1 Å². The molecule has 0 aliphatic carbocycles. The smallest absolute Gasteiger partial charge is 0.123 e. The number of halogens is 1. The highest BCUT2D eigenvalue weighted by atomic mass is 19.1. The molecule has 0 fully saturated rings. The molecule has 0 N–H and O–H groups in total. The standard InChI is InChI=1S/C12H11FO/c1-2-14-12-6-4-9-7-11(13)5-3-10(9)8-12/h3-8H,2H2,1H3. The van der Waals surface area contributed by atoms with Crippen LogP contribution in [0.25, 0.3) is 10.8 Å². The van der Waals surface area contributed by atoms with Gasteiger partial charge in [-0.1, -0.05) is 12.1 Å². The summed E-state index contributed by atoms with van der Waals surface area (Å²) in [6, 6.07) is 10.4. The normalized spacial score (nSPS) is 10.4. The van der Waals surface area contributed by atoms with Crippen LogP contribution in [0, 0.1) is 5.82 Å². The first-order valence-corrected chi connectivity index (χ1v) is 4.61. The van der Waals surface area contributed by atoms with Crippen LogP contribution in [0.2, 0.25) is 0 Å². The zero-order chi connectivity index (χ0) is 9.97. The van der Waals surface area contributed by atoms with Gasteiger partial charge in [0.2, 0.25) is 0 Å². The van der Waals surface area contributed by atoms with Crippen LogP contribution in [0.4, 0.5) is 4.39 Å². The van der Waals surface area contributed by atoms with Crippen LogP contribution in [0.3, 0.4) is 0 Å². The number of hydrogen-bond donors (Lipinski definition) is 0. The number of fused-ring (bicyclic) bond motifs is 1. The van der Waals surface area contributed by atoms with E-state index in [2.05, 4.69) is 0 Å². The van der Waals surface area contributed by atoms with Crippen molar-refractivity contribution in [2.45, 2.75) is 6.92 Å². The maximum Gasteiger partial charge on any atom is 0.123 e. The minimum absolute atomic E-state index is 0.207. The molecule has 1 nitrogen and oxygen atoms in total. The van der Waals surface area contributed by atoms with Crippen LogP contribution in [0.5, 0.6) is 5.75 Å². The van der Waals surface area contributed by atoms with Gasteiger partial charge in [0, 0.05) is 0 Å². The quantitative estimate of drug-likeness (QED) is 0.705. The van der Waals surface area contributed by atoms with Gasteiger partial charge in [-0.05, 0) is 42.0 Å². The van der Waals surface area contributed by atoms with E-state index < -0.39 is 0 Å². The summed E-state index contributed by atoms with van der Waals surface area (Å²) in [5, 5.41) is 1.89. The summed E-state index contributed by atoms with van der Waals surface area (Å²) < 4.78 is 18.2. The molecule has 14 heavy (non-hydrogen) atoms. The van der Waals surface area contributed by atoms with E-state index in [9.17, 15) is 4.39 Å². The first-order valence-electron chi connectivity index (χ1n) is 4.61. The Hall–Kier alpha value is -1.57. The molecule has 0 atom stereocenters. The highest BCUT2D eigenvalue weighted by molar-refractivity contribution is 5.83. The van der Waals surface area contributed by atoms with Gasteiger partial charge in [-0.2, -0.15) is 0 Å². The molecule has 0 aromatic heterocycles. The van der Waals surface area contributed by atoms with Crippen molar-refractivity contribution in [3.63, 3.8) is 0 Å². The van der Waals surface area contributed by atoms with E-state index in [1.165, 1.54) is 12.1 Å². The van der Waals surface area contributed by atoms with Crippen LogP contribution >= 0.6 is 0 Å². The lowest BCUT2D eigenvalue weighted by molar-refractivity contribution is 0.341. The Kier molecular flexibility index (Phi) is 2.35. The molecule has 0 bridgehead atoms. The van der Waals surface area contributed by atoms with Gasteiger partial charge in [0.1, 0.15) is 11.6 Å². The SMILES string of the molecule is CCOc1ccc2cc(F)ccc2c1. The van der Waals surface area contributed by atoms with E-state index in [-0.39, 0.29) is 5.82 Å². The topological polar surface area (TPSA) is 9.23 Å². The van der Waals surface area contributed by atoms with Crippen molar-refractivity contribution < 1.29 is 9.13 Å². The fourth-order valence-electron chi connectivity index (χ4n) is 1.45. The number of rotatable bonds is 2. The fraction of sp³-hybridized carbons (Fsp3) is 0.167. The predicted octanol–water partition coefficient (Wildman–Crippen LogP) is 3.38. The molecule has 2 rings (SSSR count). The van der Waals surface area contributed by atoms with Crippen molar-refractivity contribution >= 4 is 10.8 Å². The highest BCUT2D eigenvalue weighted by Crippen LogP contribution is 2.21. The van der Waals surface area contributed by atoms with E-state index in [4.69, 9.17) is 4.74 Å². The predicted molar refractivity (Wildman–Crippen MR) is 55.1 cm³/mol. The van der Waals surface area contributed by atoms with E-state index in [0.717, 1.165) is 16.5 Å². The summed E-state index contributed by atoms with van der Waals surface area (Å²) >= 11 is 0. The molecule has 2 aromatic carbocycles. The van der Waals surface area contributed by atoms with E-state index >= 15 is 0 Å². The Morgan fingerprint density at radius 1 is 1.07 bits per heavy atom. The average Bonchev–Trinajstić information content (AvgIpc) is 2.19. The van der Waals surface area contributed by atoms with E-state index in [0.29, 0.717) is 6.61 Å². The van der Waals surface area contributed by atoms with Gasteiger partial charge in [0.15, 0.2) is 0 Å². The summed E-state index contributed by atoms with van der Waals surface area (Å²) in [5.41, 5.74) is 0. The molecule has 0 saturated heterocycles.